The molecular weight excluding hydrogens is 440 g/mol. The maximum Gasteiger partial charge on any atom is 0.301 e. The number of aryl methyl sites for hydroxylation is 2. The zero-order chi connectivity index (χ0) is 24.7. The predicted octanol–water partition coefficient (Wildman–Crippen LogP) is 4.42. The number of hydrazone groups is 1. The molecule has 0 spiro atoms. The van der Waals surface area contributed by atoms with E-state index in [9.17, 15) is 25.0 Å². The van der Waals surface area contributed by atoms with Gasteiger partial charge in [-0.3, -0.25) is 25.0 Å². The largest absolute Gasteiger partial charge is 0.301 e. The van der Waals surface area contributed by atoms with Crippen molar-refractivity contribution in [1.29, 1.82) is 0 Å². The molecule has 0 atom stereocenters. The van der Waals surface area contributed by atoms with E-state index >= 15 is 0 Å². The number of para-hydroxylation sites is 1. The van der Waals surface area contributed by atoms with Gasteiger partial charge in [-0.15, -0.1) is 0 Å². The van der Waals surface area contributed by atoms with Crippen LogP contribution in [0.15, 0.2) is 53.1 Å². The molecule has 1 aromatic heterocycles. The number of anilines is 1. The van der Waals surface area contributed by atoms with Crippen molar-refractivity contribution in [1.82, 2.24) is 9.78 Å². The molecule has 11 heteroatoms. The van der Waals surface area contributed by atoms with Gasteiger partial charge in [0.15, 0.2) is 0 Å². The topological polar surface area (TPSA) is 137 Å². The first-order chi connectivity index (χ1) is 16.1. The maximum atomic E-state index is 13.2. The van der Waals surface area contributed by atoms with E-state index < -0.39 is 15.5 Å². The van der Waals surface area contributed by atoms with Gasteiger partial charge in [0.1, 0.15) is 5.69 Å². The maximum absolute atomic E-state index is 13.2. The summed E-state index contributed by atoms with van der Waals surface area (Å²) in [6.07, 6.45) is 1.67. The third-order valence-corrected chi connectivity index (χ3v) is 5.64. The average Bonchev–Trinajstić information content (AvgIpc) is 3.23. The van der Waals surface area contributed by atoms with E-state index in [1.54, 1.807) is 26.8 Å². The van der Waals surface area contributed by atoms with Crippen molar-refractivity contribution in [3.05, 3.63) is 90.8 Å². The number of benzene rings is 2. The second-order valence-electron chi connectivity index (χ2n) is 7.83. The molecule has 2 heterocycles. The second-order valence-corrected chi connectivity index (χ2v) is 7.83. The standard InChI is InChI=1S/C23H20N6O5/c1-13-7-5-6-8-20(13)27-23(30)19(15(3)25-27)12-18-14(2)24-26(16(18)4)21-10-9-17(28(31)32)11-22(21)29(33)34/h5-12H,1-4H3/b19-12+. The van der Waals surface area contributed by atoms with E-state index in [0.717, 1.165) is 11.6 Å². The number of aromatic nitrogens is 2. The molecule has 11 nitrogen and oxygen atoms in total. The lowest BCUT2D eigenvalue weighted by atomic mass is 10.1. The molecule has 3 aromatic rings. The number of hydrogen-bond acceptors (Lipinski definition) is 7. The summed E-state index contributed by atoms with van der Waals surface area (Å²) in [5.41, 5.74) is 3.43. The first-order valence-corrected chi connectivity index (χ1v) is 10.3. The van der Waals surface area contributed by atoms with E-state index in [0.29, 0.717) is 33.9 Å². The number of rotatable bonds is 5. The fourth-order valence-corrected chi connectivity index (χ4v) is 3.84. The average molecular weight is 460 g/mol. The minimum Gasteiger partial charge on any atom is -0.267 e. The molecule has 0 aliphatic carbocycles. The lowest BCUT2D eigenvalue weighted by Gasteiger charge is -2.14. The second kappa shape index (κ2) is 8.35. The van der Waals surface area contributed by atoms with Crippen LogP contribution in [0.5, 0.6) is 0 Å². The highest BCUT2D eigenvalue weighted by molar-refractivity contribution is 6.32. The highest BCUT2D eigenvalue weighted by Crippen LogP contribution is 2.32. The van der Waals surface area contributed by atoms with Crippen molar-refractivity contribution in [2.45, 2.75) is 27.7 Å². The molecule has 34 heavy (non-hydrogen) atoms. The van der Waals surface area contributed by atoms with Gasteiger partial charge in [0, 0.05) is 17.3 Å². The number of nitro groups is 2. The van der Waals surface area contributed by atoms with Gasteiger partial charge in [-0.1, -0.05) is 18.2 Å². The molecule has 0 N–H and O–H groups in total. The van der Waals surface area contributed by atoms with Crippen molar-refractivity contribution in [2.24, 2.45) is 5.10 Å². The summed E-state index contributed by atoms with van der Waals surface area (Å²) >= 11 is 0. The Hall–Kier alpha value is -4.67. The lowest BCUT2D eigenvalue weighted by Crippen LogP contribution is -2.22. The number of nitro benzene ring substituents is 2. The smallest absolute Gasteiger partial charge is 0.267 e. The van der Waals surface area contributed by atoms with Crippen LogP contribution in [0.25, 0.3) is 11.8 Å². The zero-order valence-electron chi connectivity index (χ0n) is 18.8. The first-order valence-electron chi connectivity index (χ1n) is 10.3. The van der Waals surface area contributed by atoms with Crippen LogP contribution >= 0.6 is 0 Å². The third-order valence-electron chi connectivity index (χ3n) is 5.64. The number of non-ortho nitro benzene ring substituents is 1. The highest BCUT2D eigenvalue weighted by atomic mass is 16.6. The Labute approximate surface area is 193 Å². The number of hydrogen-bond donors (Lipinski definition) is 0. The summed E-state index contributed by atoms with van der Waals surface area (Å²) < 4.78 is 1.36. The number of nitrogens with zero attached hydrogens (tertiary/aromatic N) is 6. The van der Waals surface area contributed by atoms with E-state index in [-0.39, 0.29) is 17.3 Å². The van der Waals surface area contributed by atoms with Crippen LogP contribution in [0.4, 0.5) is 17.1 Å². The molecule has 4 rings (SSSR count). The lowest BCUT2D eigenvalue weighted by molar-refractivity contribution is -0.394. The van der Waals surface area contributed by atoms with Crippen molar-refractivity contribution < 1.29 is 14.6 Å². The third kappa shape index (κ3) is 3.72. The van der Waals surface area contributed by atoms with Gasteiger partial charge in [-0.25, -0.2) is 4.68 Å². The fraction of sp³-hybridized carbons (Fsp3) is 0.174. The minimum atomic E-state index is -0.693. The summed E-state index contributed by atoms with van der Waals surface area (Å²) in [5.74, 6) is -0.292. The Balaban J connectivity index is 1.78. The molecule has 172 valence electrons. The molecule has 0 saturated heterocycles. The van der Waals surface area contributed by atoms with Gasteiger partial charge in [-0.2, -0.15) is 15.2 Å². The van der Waals surface area contributed by atoms with Crippen LogP contribution in [0.2, 0.25) is 0 Å². The Morgan fingerprint density at radius 3 is 2.29 bits per heavy atom. The summed E-state index contributed by atoms with van der Waals surface area (Å²) in [6.45, 7) is 7.06. The van der Waals surface area contributed by atoms with Crippen molar-refractivity contribution >= 4 is 34.8 Å². The number of amides is 1. The Morgan fingerprint density at radius 2 is 1.65 bits per heavy atom. The molecule has 0 saturated carbocycles. The van der Waals surface area contributed by atoms with Crippen LogP contribution in [-0.4, -0.2) is 31.2 Å². The summed E-state index contributed by atoms with van der Waals surface area (Å²) in [6, 6.07) is 10.8. The van der Waals surface area contributed by atoms with E-state index in [1.807, 2.05) is 31.2 Å². The van der Waals surface area contributed by atoms with Gasteiger partial charge in [0.25, 0.3) is 11.6 Å². The molecule has 0 unspecified atom stereocenters. The SMILES string of the molecule is CC1=NN(c2ccccc2C)C(=O)/C1=C/c1c(C)nn(-c2ccc([N+](=O)[O-])cc2[N+](=O)[O-])c1C. The van der Waals surface area contributed by atoms with Crippen LogP contribution < -0.4 is 5.01 Å². The summed E-state index contributed by atoms with van der Waals surface area (Å²) in [5, 5.41) is 32.8. The number of carbonyl (C=O) groups is 1. The highest BCUT2D eigenvalue weighted by Gasteiger charge is 2.30. The summed E-state index contributed by atoms with van der Waals surface area (Å²) in [4.78, 5) is 34.5. The van der Waals surface area contributed by atoms with Gasteiger partial charge < -0.3 is 0 Å². The molecule has 0 bridgehead atoms. The molecule has 1 amide bonds. The van der Waals surface area contributed by atoms with Crippen molar-refractivity contribution in [3.63, 3.8) is 0 Å². The van der Waals surface area contributed by atoms with Crippen molar-refractivity contribution in [2.75, 3.05) is 5.01 Å². The predicted molar refractivity (Wildman–Crippen MR) is 126 cm³/mol. The van der Waals surface area contributed by atoms with Crippen LogP contribution in [0.1, 0.15) is 29.4 Å². The van der Waals surface area contributed by atoms with E-state index in [2.05, 4.69) is 10.2 Å². The van der Waals surface area contributed by atoms with Crippen molar-refractivity contribution in [3.8, 4) is 5.69 Å². The Bertz CT molecular complexity index is 1440. The molecule has 2 aromatic carbocycles. The monoisotopic (exact) mass is 460 g/mol. The zero-order valence-corrected chi connectivity index (χ0v) is 18.8. The van der Waals surface area contributed by atoms with E-state index in [4.69, 9.17) is 0 Å². The Morgan fingerprint density at radius 1 is 0.941 bits per heavy atom. The molecule has 1 aliphatic heterocycles. The normalized spacial score (nSPS) is 14.6. The van der Waals surface area contributed by atoms with E-state index in [1.165, 1.54) is 21.8 Å². The molecule has 0 radical (unpaired) electrons. The minimum absolute atomic E-state index is 0.0884. The van der Waals surface area contributed by atoms with Gasteiger partial charge in [0.2, 0.25) is 0 Å². The fourth-order valence-electron chi connectivity index (χ4n) is 3.84. The summed E-state index contributed by atoms with van der Waals surface area (Å²) in [7, 11) is 0. The van der Waals surface area contributed by atoms with Crippen LogP contribution in [-0.2, 0) is 4.79 Å². The molecule has 1 aliphatic rings. The Kier molecular flexibility index (Phi) is 5.53. The first kappa shape index (κ1) is 22.5. The van der Waals surface area contributed by atoms with Crippen LogP contribution in [0, 0.1) is 41.0 Å². The number of carbonyl (C=O) groups excluding carboxylic acids is 1. The van der Waals surface area contributed by atoms with Crippen LogP contribution in [0.3, 0.4) is 0 Å². The van der Waals surface area contributed by atoms with Gasteiger partial charge >= 0.3 is 5.69 Å². The van der Waals surface area contributed by atoms with Gasteiger partial charge in [0.05, 0.1) is 38.6 Å². The molecule has 0 fully saturated rings. The quantitative estimate of drug-likeness (QED) is 0.314. The molecular formula is C23H20N6O5. The van der Waals surface area contributed by atoms with Gasteiger partial charge in [-0.05, 0) is 51.5 Å².